The molecule has 0 radical (unpaired) electrons. The summed E-state index contributed by atoms with van der Waals surface area (Å²) in [5.74, 6) is -0.256. The van der Waals surface area contributed by atoms with Crippen molar-refractivity contribution in [2.24, 2.45) is 0 Å². The normalized spacial score (nSPS) is 10.8. The summed E-state index contributed by atoms with van der Waals surface area (Å²) in [5.41, 5.74) is -0.946. The average Bonchev–Trinajstić information content (AvgIpc) is 2.38. The minimum absolute atomic E-state index is 0.0753. The smallest absolute Gasteiger partial charge is 0.326 e. The highest BCUT2D eigenvalue weighted by atomic mass is 79.9. The summed E-state index contributed by atoms with van der Waals surface area (Å²) < 4.78 is 6.93. The maximum atomic E-state index is 12.2. The third-order valence-electron chi connectivity index (χ3n) is 2.14. The number of carbonyl (C=O) groups is 1. The predicted octanol–water partition coefficient (Wildman–Crippen LogP) is 3.19. The van der Waals surface area contributed by atoms with E-state index in [1.807, 2.05) is 27.7 Å². The zero-order valence-corrected chi connectivity index (χ0v) is 15.9. The Morgan fingerprint density at radius 1 is 1.41 bits per heavy atom. The first-order valence-corrected chi connectivity index (χ1v) is 8.13. The standard InChI is InChI=1S/C13H20BrN3O3.C2H6/c1-8(2)16-11-12(19)17(9(14)6-15-11)7-10(18)20-13(3,4)5;1-2/h6,8H,7H2,1-5H3,(H,15,16);1-2H3. The number of carbonyl (C=O) groups excluding carboxylic acids is 1. The summed E-state index contributed by atoms with van der Waals surface area (Å²) in [6.45, 7) is 13.0. The molecule has 0 fully saturated rings. The topological polar surface area (TPSA) is 73.2 Å². The maximum absolute atomic E-state index is 12.2. The van der Waals surface area contributed by atoms with E-state index < -0.39 is 11.6 Å². The Kier molecular flexibility index (Phi) is 8.37. The van der Waals surface area contributed by atoms with Gasteiger partial charge in [0, 0.05) is 6.04 Å². The first kappa shape index (κ1) is 20.6. The van der Waals surface area contributed by atoms with E-state index in [9.17, 15) is 9.59 Å². The molecular weight excluding hydrogens is 350 g/mol. The number of rotatable bonds is 4. The summed E-state index contributed by atoms with van der Waals surface area (Å²) in [6, 6.07) is 0.0753. The van der Waals surface area contributed by atoms with Gasteiger partial charge in [-0.2, -0.15) is 0 Å². The minimum Gasteiger partial charge on any atom is -0.459 e. The summed E-state index contributed by atoms with van der Waals surface area (Å²) in [5, 5.41) is 2.94. The molecule has 0 spiro atoms. The highest BCUT2D eigenvalue weighted by Gasteiger charge is 2.19. The molecule has 0 saturated heterocycles. The molecule has 7 heteroatoms. The van der Waals surface area contributed by atoms with E-state index in [4.69, 9.17) is 4.74 Å². The molecule has 1 rings (SSSR count). The van der Waals surface area contributed by atoms with Crippen molar-refractivity contribution in [2.75, 3.05) is 5.32 Å². The number of esters is 1. The van der Waals surface area contributed by atoms with E-state index in [0.29, 0.717) is 4.60 Å². The van der Waals surface area contributed by atoms with Crippen LogP contribution in [0.1, 0.15) is 48.5 Å². The van der Waals surface area contributed by atoms with Gasteiger partial charge in [0.1, 0.15) is 16.7 Å². The van der Waals surface area contributed by atoms with E-state index in [0.717, 1.165) is 0 Å². The van der Waals surface area contributed by atoms with Gasteiger partial charge in [-0.3, -0.25) is 14.2 Å². The van der Waals surface area contributed by atoms with Crippen LogP contribution in [0, 0.1) is 0 Å². The minimum atomic E-state index is -0.584. The van der Waals surface area contributed by atoms with Gasteiger partial charge < -0.3 is 10.1 Å². The largest absolute Gasteiger partial charge is 0.459 e. The number of ether oxygens (including phenoxy) is 1. The fourth-order valence-electron chi connectivity index (χ4n) is 1.49. The molecule has 1 aromatic rings. The van der Waals surface area contributed by atoms with Crippen LogP contribution in [-0.4, -0.2) is 27.2 Å². The third kappa shape index (κ3) is 7.06. The second kappa shape index (κ2) is 8.92. The first-order valence-electron chi connectivity index (χ1n) is 7.34. The Morgan fingerprint density at radius 3 is 2.41 bits per heavy atom. The number of halogens is 1. The van der Waals surface area contributed by atoms with Crippen molar-refractivity contribution in [1.29, 1.82) is 0 Å². The maximum Gasteiger partial charge on any atom is 0.326 e. The highest BCUT2D eigenvalue weighted by molar-refractivity contribution is 9.10. The van der Waals surface area contributed by atoms with E-state index >= 15 is 0 Å². The fourth-order valence-corrected chi connectivity index (χ4v) is 1.88. The van der Waals surface area contributed by atoms with Gasteiger partial charge in [-0.1, -0.05) is 13.8 Å². The van der Waals surface area contributed by atoms with Crippen molar-refractivity contribution in [1.82, 2.24) is 9.55 Å². The molecule has 0 saturated carbocycles. The molecule has 0 unspecified atom stereocenters. The lowest BCUT2D eigenvalue weighted by molar-refractivity contribution is -0.155. The van der Waals surface area contributed by atoms with Gasteiger partial charge in [-0.25, -0.2) is 4.98 Å². The molecule has 22 heavy (non-hydrogen) atoms. The lowest BCUT2D eigenvalue weighted by Crippen LogP contribution is -2.33. The molecule has 126 valence electrons. The van der Waals surface area contributed by atoms with Crippen molar-refractivity contribution in [3.05, 3.63) is 21.2 Å². The van der Waals surface area contributed by atoms with Crippen LogP contribution in [0.2, 0.25) is 0 Å². The predicted molar refractivity (Wildman–Crippen MR) is 92.1 cm³/mol. The highest BCUT2D eigenvalue weighted by Crippen LogP contribution is 2.11. The SMILES string of the molecule is CC.CC(C)Nc1ncc(Br)n(CC(=O)OC(C)(C)C)c1=O. The number of nitrogens with zero attached hydrogens (tertiary/aromatic N) is 2. The molecule has 1 aromatic heterocycles. The second-order valence-electron chi connectivity index (χ2n) is 5.71. The van der Waals surface area contributed by atoms with Crippen LogP contribution in [0.25, 0.3) is 0 Å². The molecule has 0 aliphatic carbocycles. The van der Waals surface area contributed by atoms with E-state index in [-0.39, 0.29) is 24.0 Å². The Morgan fingerprint density at radius 2 is 1.95 bits per heavy atom. The van der Waals surface area contributed by atoms with Gasteiger partial charge >= 0.3 is 5.97 Å². The monoisotopic (exact) mass is 375 g/mol. The fraction of sp³-hybridized carbons (Fsp3) is 0.667. The Labute approximate surface area is 140 Å². The van der Waals surface area contributed by atoms with Crippen LogP contribution in [-0.2, 0) is 16.1 Å². The van der Waals surface area contributed by atoms with Crippen molar-refractivity contribution in [2.45, 2.75) is 66.7 Å². The number of anilines is 1. The average molecular weight is 376 g/mol. The molecule has 0 aliphatic rings. The molecule has 0 aromatic carbocycles. The number of aromatic nitrogens is 2. The van der Waals surface area contributed by atoms with Gasteiger partial charge in [0.15, 0.2) is 5.82 Å². The Bertz CT molecular complexity index is 548. The van der Waals surface area contributed by atoms with Gasteiger partial charge in [0.05, 0.1) is 6.20 Å². The van der Waals surface area contributed by atoms with Gasteiger partial charge in [0.2, 0.25) is 0 Å². The van der Waals surface area contributed by atoms with Gasteiger partial charge in [-0.15, -0.1) is 0 Å². The summed E-state index contributed by atoms with van der Waals surface area (Å²) in [7, 11) is 0. The Hall–Kier alpha value is -1.37. The van der Waals surface area contributed by atoms with Crippen LogP contribution in [0.4, 0.5) is 5.82 Å². The molecular formula is C15H26BrN3O3. The van der Waals surface area contributed by atoms with Crippen LogP contribution in [0.3, 0.4) is 0 Å². The van der Waals surface area contributed by atoms with Gasteiger partial charge in [-0.05, 0) is 50.5 Å². The lowest BCUT2D eigenvalue weighted by Gasteiger charge is -2.20. The molecule has 0 amide bonds. The van der Waals surface area contributed by atoms with E-state index in [1.165, 1.54) is 10.8 Å². The number of hydrogen-bond acceptors (Lipinski definition) is 5. The van der Waals surface area contributed by atoms with Crippen molar-refractivity contribution < 1.29 is 9.53 Å². The van der Waals surface area contributed by atoms with Crippen molar-refractivity contribution in [3.63, 3.8) is 0 Å². The molecule has 0 atom stereocenters. The molecule has 1 N–H and O–H groups in total. The van der Waals surface area contributed by atoms with Crippen LogP contribution >= 0.6 is 15.9 Å². The molecule has 0 bridgehead atoms. The summed E-state index contributed by atoms with van der Waals surface area (Å²) in [4.78, 5) is 28.1. The lowest BCUT2D eigenvalue weighted by atomic mass is 10.2. The quantitative estimate of drug-likeness (QED) is 0.817. The molecule has 0 aliphatic heterocycles. The summed E-state index contributed by atoms with van der Waals surface area (Å²) >= 11 is 3.22. The van der Waals surface area contributed by atoms with E-state index in [2.05, 4.69) is 26.2 Å². The van der Waals surface area contributed by atoms with Gasteiger partial charge in [0.25, 0.3) is 5.56 Å². The first-order chi connectivity index (χ1) is 10.1. The third-order valence-corrected chi connectivity index (χ3v) is 2.77. The van der Waals surface area contributed by atoms with Crippen molar-refractivity contribution in [3.8, 4) is 0 Å². The van der Waals surface area contributed by atoms with Crippen molar-refractivity contribution >= 4 is 27.7 Å². The number of nitrogens with one attached hydrogen (secondary N) is 1. The van der Waals surface area contributed by atoms with E-state index in [1.54, 1.807) is 20.8 Å². The van der Waals surface area contributed by atoms with Crippen LogP contribution < -0.4 is 10.9 Å². The Balaban J connectivity index is 0.00000211. The van der Waals surface area contributed by atoms with Crippen LogP contribution in [0.5, 0.6) is 0 Å². The number of hydrogen-bond donors (Lipinski definition) is 1. The zero-order valence-electron chi connectivity index (χ0n) is 14.4. The van der Waals surface area contributed by atoms with Crippen LogP contribution in [0.15, 0.2) is 15.6 Å². The second-order valence-corrected chi connectivity index (χ2v) is 6.52. The summed E-state index contributed by atoms with van der Waals surface area (Å²) in [6.07, 6.45) is 1.48. The zero-order chi connectivity index (χ0) is 17.5. The molecule has 1 heterocycles. The molecule has 6 nitrogen and oxygen atoms in total.